The fraction of sp³-hybridized carbons (Fsp3) is 0.854. The first kappa shape index (κ1) is 39.2. The van der Waals surface area contributed by atoms with Gasteiger partial charge in [0.2, 0.25) is 0 Å². The molecule has 1 fully saturated rings. The highest BCUT2D eigenvalue weighted by Gasteiger charge is 2.34. The molecule has 1 rings (SSSR count). The number of methoxy groups -OCH3 is 1. The van der Waals surface area contributed by atoms with Crippen LogP contribution in [0.2, 0.25) is 0 Å². The summed E-state index contributed by atoms with van der Waals surface area (Å²) in [6.45, 7) is 20.9. The van der Waals surface area contributed by atoms with Crippen molar-refractivity contribution in [1.82, 2.24) is 0 Å². The highest BCUT2D eigenvalue weighted by atomic mass is 16.5. The summed E-state index contributed by atoms with van der Waals surface area (Å²) < 4.78 is 5.54. The van der Waals surface area contributed by atoms with Crippen LogP contribution < -0.4 is 0 Å². The SMILES string of the molecule is COC(C)(C)CCC/C(C)=C/CCC(C)CCC/C(C)=C/CCCC(C)CCCC(C)CCCC1C[C@@H]1CC=C(C)C. The summed E-state index contributed by atoms with van der Waals surface area (Å²) in [7, 11) is 1.82. The smallest absolute Gasteiger partial charge is 0.0622 e. The molecular formula is C41H76O. The summed E-state index contributed by atoms with van der Waals surface area (Å²) in [5.41, 5.74) is 4.68. The summed E-state index contributed by atoms with van der Waals surface area (Å²) in [6, 6.07) is 0. The molecule has 0 amide bonds. The van der Waals surface area contributed by atoms with Crippen molar-refractivity contribution < 1.29 is 4.74 Å². The number of unbranched alkanes of at least 4 members (excludes halogenated alkanes) is 1. The number of rotatable bonds is 26. The summed E-state index contributed by atoms with van der Waals surface area (Å²) in [5.74, 6) is 4.71. The molecule has 42 heavy (non-hydrogen) atoms. The van der Waals surface area contributed by atoms with E-state index in [4.69, 9.17) is 4.74 Å². The molecule has 5 atom stereocenters. The lowest BCUT2D eigenvalue weighted by Gasteiger charge is -2.22. The molecule has 0 aromatic heterocycles. The van der Waals surface area contributed by atoms with Crippen LogP contribution in [0.5, 0.6) is 0 Å². The second-order valence-corrected chi connectivity index (χ2v) is 15.8. The normalized spacial score (nSPS) is 20.0. The van der Waals surface area contributed by atoms with E-state index in [1.807, 2.05) is 7.11 Å². The van der Waals surface area contributed by atoms with Gasteiger partial charge in [0.15, 0.2) is 0 Å². The van der Waals surface area contributed by atoms with Gasteiger partial charge < -0.3 is 4.74 Å². The minimum Gasteiger partial charge on any atom is -0.379 e. The van der Waals surface area contributed by atoms with Crippen LogP contribution in [0.1, 0.15) is 184 Å². The van der Waals surface area contributed by atoms with Crippen LogP contribution in [0.15, 0.2) is 34.9 Å². The minimum absolute atomic E-state index is 0.0171. The van der Waals surface area contributed by atoms with Crippen LogP contribution >= 0.6 is 0 Å². The third-order valence-corrected chi connectivity index (χ3v) is 10.3. The summed E-state index contributed by atoms with van der Waals surface area (Å²) >= 11 is 0. The zero-order valence-corrected chi connectivity index (χ0v) is 30.5. The highest BCUT2D eigenvalue weighted by Crippen LogP contribution is 2.45. The number of allylic oxidation sites excluding steroid dienone is 6. The molecule has 1 heteroatoms. The van der Waals surface area contributed by atoms with E-state index in [9.17, 15) is 0 Å². The van der Waals surface area contributed by atoms with Crippen molar-refractivity contribution in [2.24, 2.45) is 29.6 Å². The Hall–Kier alpha value is -0.820. The Morgan fingerprint density at radius 3 is 1.86 bits per heavy atom. The number of hydrogen-bond donors (Lipinski definition) is 0. The van der Waals surface area contributed by atoms with Crippen molar-refractivity contribution >= 4 is 0 Å². The fourth-order valence-electron chi connectivity index (χ4n) is 6.57. The van der Waals surface area contributed by atoms with E-state index in [0.29, 0.717) is 0 Å². The average molecular weight is 585 g/mol. The Labute approximate surface area is 265 Å². The molecule has 0 aromatic carbocycles. The Balaban J connectivity index is 2.00. The molecule has 0 N–H and O–H groups in total. The van der Waals surface area contributed by atoms with Crippen molar-refractivity contribution in [3.05, 3.63) is 34.9 Å². The van der Waals surface area contributed by atoms with Crippen LogP contribution in [0.4, 0.5) is 0 Å². The van der Waals surface area contributed by atoms with Crippen molar-refractivity contribution in [2.45, 2.75) is 190 Å². The predicted octanol–water partition coefficient (Wildman–Crippen LogP) is 13.8. The second kappa shape index (κ2) is 22.7. The van der Waals surface area contributed by atoms with Gasteiger partial charge in [-0.05, 0) is 142 Å². The van der Waals surface area contributed by atoms with E-state index < -0.39 is 0 Å². The van der Waals surface area contributed by atoms with Crippen LogP contribution in [-0.4, -0.2) is 12.7 Å². The molecule has 4 unspecified atom stereocenters. The monoisotopic (exact) mass is 585 g/mol. The van der Waals surface area contributed by atoms with Gasteiger partial charge in [-0.3, -0.25) is 0 Å². The topological polar surface area (TPSA) is 9.23 Å². The Kier molecular flexibility index (Phi) is 21.1. The standard InChI is InChI=1S/C41H76O/c1-33(2)29-30-40-32-39(40)28-16-26-37(6)24-14-21-35(4)19-12-11-18-34(3)20-13-22-36(5)23-15-25-38(7)27-17-31-41(8,9)42-10/h18,25,29,35-37,39-40H,11-17,19-24,26-28,30-32H2,1-10H3/b34-18+,38-25+/t35?,36?,37?,39?,40-/m0/s1. The van der Waals surface area contributed by atoms with E-state index in [1.54, 1.807) is 11.1 Å². The lowest BCUT2D eigenvalue weighted by Crippen LogP contribution is -2.21. The molecule has 0 aromatic rings. The average Bonchev–Trinajstić information content (AvgIpc) is 3.68. The highest BCUT2D eigenvalue weighted by molar-refractivity contribution is 5.00. The molecule has 246 valence electrons. The van der Waals surface area contributed by atoms with Crippen LogP contribution in [0.3, 0.4) is 0 Å². The molecule has 1 saturated carbocycles. The fourth-order valence-corrected chi connectivity index (χ4v) is 6.57. The summed E-state index contributed by atoms with van der Waals surface area (Å²) in [5, 5.41) is 0. The van der Waals surface area contributed by atoms with Crippen molar-refractivity contribution in [3.63, 3.8) is 0 Å². The van der Waals surface area contributed by atoms with Crippen LogP contribution in [0, 0.1) is 29.6 Å². The Bertz CT molecular complexity index is 764. The van der Waals surface area contributed by atoms with Crippen LogP contribution in [-0.2, 0) is 4.74 Å². The van der Waals surface area contributed by atoms with Gasteiger partial charge in [0.05, 0.1) is 5.60 Å². The summed E-state index contributed by atoms with van der Waals surface area (Å²) in [4.78, 5) is 0. The zero-order chi connectivity index (χ0) is 31.4. The summed E-state index contributed by atoms with van der Waals surface area (Å²) in [6.07, 6.45) is 33.2. The molecule has 0 saturated heterocycles. The van der Waals surface area contributed by atoms with E-state index >= 15 is 0 Å². The molecule has 1 nitrogen and oxygen atoms in total. The van der Waals surface area contributed by atoms with E-state index in [1.165, 1.54) is 121 Å². The molecular weight excluding hydrogens is 508 g/mol. The largest absolute Gasteiger partial charge is 0.379 e. The van der Waals surface area contributed by atoms with Gasteiger partial charge in [0, 0.05) is 7.11 Å². The van der Waals surface area contributed by atoms with Gasteiger partial charge in [-0.2, -0.15) is 0 Å². The Morgan fingerprint density at radius 1 is 0.667 bits per heavy atom. The molecule has 0 aliphatic heterocycles. The maximum Gasteiger partial charge on any atom is 0.0622 e. The third-order valence-electron chi connectivity index (χ3n) is 10.3. The maximum atomic E-state index is 5.54. The van der Waals surface area contributed by atoms with Crippen molar-refractivity contribution in [1.29, 1.82) is 0 Å². The maximum absolute atomic E-state index is 5.54. The molecule has 0 spiro atoms. The molecule has 0 heterocycles. The third kappa shape index (κ3) is 21.8. The molecule has 0 bridgehead atoms. The van der Waals surface area contributed by atoms with Crippen LogP contribution in [0.25, 0.3) is 0 Å². The van der Waals surface area contributed by atoms with Gasteiger partial charge in [0.1, 0.15) is 0 Å². The van der Waals surface area contributed by atoms with Crippen molar-refractivity contribution in [3.8, 4) is 0 Å². The van der Waals surface area contributed by atoms with Gasteiger partial charge in [-0.25, -0.2) is 0 Å². The van der Waals surface area contributed by atoms with Gasteiger partial charge >= 0.3 is 0 Å². The first-order valence-corrected chi connectivity index (χ1v) is 18.4. The lowest BCUT2D eigenvalue weighted by molar-refractivity contribution is 0.0140. The van der Waals surface area contributed by atoms with Gasteiger partial charge in [-0.15, -0.1) is 0 Å². The molecule has 1 aliphatic rings. The quantitative estimate of drug-likeness (QED) is 0.0725. The van der Waals surface area contributed by atoms with E-state index in [2.05, 4.69) is 80.5 Å². The zero-order valence-electron chi connectivity index (χ0n) is 30.5. The number of ether oxygens (including phenoxy) is 1. The van der Waals surface area contributed by atoms with Gasteiger partial charge in [-0.1, -0.05) is 107 Å². The predicted molar refractivity (Wildman–Crippen MR) is 190 cm³/mol. The lowest BCUT2D eigenvalue weighted by atomic mass is 9.92. The van der Waals surface area contributed by atoms with E-state index in [-0.39, 0.29) is 5.60 Å². The number of hydrogen-bond acceptors (Lipinski definition) is 1. The first-order chi connectivity index (χ1) is 19.9. The Morgan fingerprint density at radius 2 is 1.21 bits per heavy atom. The van der Waals surface area contributed by atoms with Crippen molar-refractivity contribution in [2.75, 3.05) is 7.11 Å². The van der Waals surface area contributed by atoms with Gasteiger partial charge in [0.25, 0.3) is 0 Å². The first-order valence-electron chi connectivity index (χ1n) is 18.4. The molecule has 1 aliphatic carbocycles. The minimum atomic E-state index is 0.0171. The molecule has 0 radical (unpaired) electrons. The van der Waals surface area contributed by atoms with E-state index in [0.717, 1.165) is 36.0 Å². The second-order valence-electron chi connectivity index (χ2n) is 15.8.